The summed E-state index contributed by atoms with van der Waals surface area (Å²) < 4.78 is 5.20. The Morgan fingerprint density at radius 3 is 2.07 bits per heavy atom. The highest BCUT2D eigenvalue weighted by atomic mass is 16.6. The summed E-state index contributed by atoms with van der Waals surface area (Å²) in [7, 11) is 0. The molecule has 0 saturated carbocycles. The molecule has 28 heavy (non-hydrogen) atoms. The second-order valence-corrected chi connectivity index (χ2v) is 8.58. The molecule has 1 fully saturated rings. The lowest BCUT2D eigenvalue weighted by atomic mass is 10.1. The summed E-state index contributed by atoms with van der Waals surface area (Å²) in [5, 5.41) is 8.22. The number of rotatable bonds is 2. The Morgan fingerprint density at radius 1 is 0.964 bits per heavy atom. The standard InChI is InChI=1S/C21H39N3O4/c1-21(2,3)28-20(27)23-16-17-19(26)22-15-13-11-9-7-5-4-6-8-10-12-14-18(25)24-17/h17H,4-16H2,1-3H3,(H,22,26)(H,23,27)(H,24,25)/t17-/m0/s1. The average molecular weight is 398 g/mol. The van der Waals surface area contributed by atoms with Crippen LogP contribution in [0.5, 0.6) is 0 Å². The van der Waals surface area contributed by atoms with Gasteiger partial charge >= 0.3 is 6.09 Å². The van der Waals surface area contributed by atoms with Gasteiger partial charge in [0.05, 0.1) is 6.54 Å². The fourth-order valence-electron chi connectivity index (χ4n) is 3.13. The number of hydrogen-bond donors (Lipinski definition) is 3. The number of nitrogens with one attached hydrogen (secondary N) is 3. The van der Waals surface area contributed by atoms with E-state index in [-0.39, 0.29) is 18.4 Å². The predicted octanol–water partition coefficient (Wildman–Crippen LogP) is 3.42. The summed E-state index contributed by atoms with van der Waals surface area (Å²) in [4.78, 5) is 36.6. The minimum Gasteiger partial charge on any atom is -0.444 e. The van der Waals surface area contributed by atoms with Crippen LogP contribution in [-0.2, 0) is 14.3 Å². The molecule has 7 heteroatoms. The van der Waals surface area contributed by atoms with Crippen molar-refractivity contribution in [3.8, 4) is 0 Å². The minimum atomic E-state index is -0.796. The zero-order valence-corrected chi connectivity index (χ0v) is 17.9. The van der Waals surface area contributed by atoms with E-state index in [0.29, 0.717) is 13.0 Å². The number of amides is 3. The van der Waals surface area contributed by atoms with E-state index < -0.39 is 17.7 Å². The van der Waals surface area contributed by atoms with Crippen LogP contribution in [0.4, 0.5) is 4.79 Å². The van der Waals surface area contributed by atoms with Gasteiger partial charge in [-0.15, -0.1) is 0 Å². The van der Waals surface area contributed by atoms with E-state index in [1.165, 1.54) is 32.1 Å². The van der Waals surface area contributed by atoms with Crippen LogP contribution in [0.25, 0.3) is 0 Å². The average Bonchev–Trinajstić information content (AvgIpc) is 2.60. The van der Waals surface area contributed by atoms with E-state index in [4.69, 9.17) is 4.74 Å². The molecule has 1 atom stereocenters. The van der Waals surface area contributed by atoms with Gasteiger partial charge in [-0.05, 0) is 33.6 Å². The Balaban J connectivity index is 2.58. The van der Waals surface area contributed by atoms with Gasteiger partial charge in [-0.1, -0.05) is 51.4 Å². The normalized spacial score (nSPS) is 21.8. The maximum Gasteiger partial charge on any atom is 0.407 e. The second kappa shape index (κ2) is 13.4. The first-order valence-electron chi connectivity index (χ1n) is 10.8. The first-order chi connectivity index (χ1) is 13.3. The fraction of sp³-hybridized carbons (Fsp3) is 0.857. The molecule has 0 aromatic heterocycles. The van der Waals surface area contributed by atoms with Gasteiger partial charge in [0.1, 0.15) is 11.6 Å². The molecule has 0 bridgehead atoms. The first kappa shape index (κ1) is 24.2. The Hall–Kier alpha value is -1.79. The van der Waals surface area contributed by atoms with E-state index in [1.54, 1.807) is 20.8 Å². The molecule has 3 N–H and O–H groups in total. The van der Waals surface area contributed by atoms with Crippen molar-refractivity contribution in [3.05, 3.63) is 0 Å². The third-order valence-electron chi connectivity index (χ3n) is 4.63. The Kier molecular flexibility index (Phi) is 11.6. The quantitative estimate of drug-likeness (QED) is 0.665. The SMILES string of the molecule is CC(C)(C)OC(=O)NC[C@@H]1NC(=O)CCCCCCCCCCCCNC1=O. The number of carbonyl (C=O) groups is 3. The molecule has 3 amide bonds. The van der Waals surface area contributed by atoms with E-state index in [0.717, 1.165) is 32.1 Å². The summed E-state index contributed by atoms with van der Waals surface area (Å²) in [6.07, 6.45) is 11.0. The van der Waals surface area contributed by atoms with Gasteiger partial charge in [-0.3, -0.25) is 9.59 Å². The van der Waals surface area contributed by atoms with Crippen molar-refractivity contribution in [2.24, 2.45) is 0 Å². The number of carbonyl (C=O) groups excluding carboxylic acids is 3. The van der Waals surface area contributed by atoms with E-state index in [1.807, 2.05) is 0 Å². The van der Waals surface area contributed by atoms with Gasteiger partial charge in [0.25, 0.3) is 0 Å². The Morgan fingerprint density at radius 2 is 1.50 bits per heavy atom. The van der Waals surface area contributed by atoms with Crippen molar-refractivity contribution in [1.29, 1.82) is 0 Å². The lowest BCUT2D eigenvalue weighted by Crippen LogP contribution is -2.53. The van der Waals surface area contributed by atoms with Crippen LogP contribution in [0.2, 0.25) is 0 Å². The van der Waals surface area contributed by atoms with Crippen molar-refractivity contribution in [2.45, 2.75) is 103 Å². The molecular weight excluding hydrogens is 358 g/mol. The lowest BCUT2D eigenvalue weighted by Gasteiger charge is -2.22. The van der Waals surface area contributed by atoms with Gasteiger partial charge in [-0.25, -0.2) is 4.79 Å². The maximum absolute atomic E-state index is 12.5. The highest BCUT2D eigenvalue weighted by Crippen LogP contribution is 2.11. The van der Waals surface area contributed by atoms with E-state index in [2.05, 4.69) is 16.0 Å². The number of hydrogen-bond acceptors (Lipinski definition) is 4. The third kappa shape index (κ3) is 12.6. The van der Waals surface area contributed by atoms with Gasteiger partial charge in [0.15, 0.2) is 0 Å². The largest absolute Gasteiger partial charge is 0.444 e. The summed E-state index contributed by atoms with van der Waals surface area (Å²) in [6.45, 7) is 5.91. The van der Waals surface area contributed by atoms with Crippen LogP contribution in [0.1, 0.15) is 91.4 Å². The van der Waals surface area contributed by atoms with Crippen molar-refractivity contribution < 1.29 is 19.1 Å². The molecule has 0 aromatic carbocycles. The molecule has 0 spiro atoms. The molecular formula is C21H39N3O4. The van der Waals surface area contributed by atoms with Crippen molar-refractivity contribution in [1.82, 2.24) is 16.0 Å². The first-order valence-corrected chi connectivity index (χ1v) is 10.8. The predicted molar refractivity (Wildman–Crippen MR) is 110 cm³/mol. The van der Waals surface area contributed by atoms with Crippen LogP contribution < -0.4 is 16.0 Å². The van der Waals surface area contributed by atoms with Crippen LogP contribution in [0, 0.1) is 0 Å². The van der Waals surface area contributed by atoms with Crippen LogP contribution >= 0.6 is 0 Å². The molecule has 1 aliphatic rings. The summed E-state index contributed by atoms with van der Waals surface area (Å²) in [6, 6.07) is -0.796. The zero-order chi connectivity index (χ0) is 20.8. The lowest BCUT2D eigenvalue weighted by molar-refractivity contribution is -0.129. The van der Waals surface area contributed by atoms with Crippen molar-refractivity contribution in [3.63, 3.8) is 0 Å². The van der Waals surface area contributed by atoms with Gasteiger partial charge in [-0.2, -0.15) is 0 Å². The minimum absolute atomic E-state index is 0.00644. The van der Waals surface area contributed by atoms with Gasteiger partial charge in [0, 0.05) is 13.0 Å². The molecule has 1 saturated heterocycles. The van der Waals surface area contributed by atoms with Crippen LogP contribution in [0.3, 0.4) is 0 Å². The van der Waals surface area contributed by atoms with Crippen LogP contribution in [0.15, 0.2) is 0 Å². The summed E-state index contributed by atoms with van der Waals surface area (Å²) >= 11 is 0. The molecule has 162 valence electrons. The van der Waals surface area contributed by atoms with Gasteiger partial charge < -0.3 is 20.7 Å². The number of alkyl carbamates (subject to hydrolysis) is 1. The summed E-state index contributed by atoms with van der Waals surface area (Å²) in [5.41, 5.74) is -0.616. The van der Waals surface area contributed by atoms with Crippen molar-refractivity contribution in [2.75, 3.05) is 13.1 Å². The fourth-order valence-corrected chi connectivity index (χ4v) is 3.13. The Bertz CT molecular complexity index is 489. The molecule has 7 nitrogen and oxygen atoms in total. The van der Waals surface area contributed by atoms with Crippen molar-refractivity contribution >= 4 is 17.9 Å². The highest BCUT2D eigenvalue weighted by Gasteiger charge is 2.23. The van der Waals surface area contributed by atoms with Crippen LogP contribution in [-0.4, -0.2) is 42.6 Å². The maximum atomic E-state index is 12.5. The molecule has 1 heterocycles. The third-order valence-corrected chi connectivity index (χ3v) is 4.63. The molecule has 0 aliphatic carbocycles. The Labute approximate surface area is 169 Å². The molecule has 0 unspecified atom stereocenters. The van der Waals surface area contributed by atoms with Gasteiger partial charge in [0.2, 0.25) is 11.8 Å². The summed E-state index contributed by atoms with van der Waals surface area (Å²) in [5.74, 6) is -0.427. The number of ether oxygens (including phenoxy) is 1. The molecule has 1 rings (SSSR count). The highest BCUT2D eigenvalue weighted by molar-refractivity contribution is 5.88. The molecule has 1 aliphatic heterocycles. The van der Waals surface area contributed by atoms with E-state index >= 15 is 0 Å². The monoisotopic (exact) mass is 397 g/mol. The van der Waals surface area contributed by atoms with E-state index in [9.17, 15) is 14.4 Å². The topological polar surface area (TPSA) is 96.5 Å². The second-order valence-electron chi connectivity index (χ2n) is 8.58. The molecule has 0 radical (unpaired) electrons. The molecule has 0 aromatic rings. The smallest absolute Gasteiger partial charge is 0.407 e. The zero-order valence-electron chi connectivity index (χ0n) is 17.9.